The quantitative estimate of drug-likeness (QED) is 0.279. The summed E-state index contributed by atoms with van der Waals surface area (Å²) in [5.41, 5.74) is -1.69. The van der Waals surface area contributed by atoms with Crippen LogP contribution in [0.4, 0.5) is 5.69 Å². The molecule has 1 N–H and O–H groups in total. The lowest BCUT2D eigenvalue weighted by Crippen LogP contribution is -2.46. The van der Waals surface area contributed by atoms with Gasteiger partial charge in [0.05, 0.1) is 46.6 Å². The number of cyclic esters (lactones) is 1. The van der Waals surface area contributed by atoms with Crippen molar-refractivity contribution in [2.24, 2.45) is 0 Å². The van der Waals surface area contributed by atoms with E-state index in [1.54, 1.807) is 6.07 Å². The molecular weight excluding hydrogens is 434 g/mol. The number of nitro groups is 1. The second-order valence-electron chi connectivity index (χ2n) is 7.88. The van der Waals surface area contributed by atoms with Gasteiger partial charge in [-0.25, -0.2) is 14.6 Å². The van der Waals surface area contributed by atoms with Gasteiger partial charge in [-0.3, -0.25) is 14.9 Å². The number of methoxy groups -OCH3 is 1. The SMILES string of the molecule is CC[C@@]1(O)C(=O)OCc2c1c(C(=O)OC)c1n(c2=O)Cc2cc3cc([N+](=O)[O-])ccc3nc2-1. The highest BCUT2D eigenvalue weighted by Crippen LogP contribution is 2.42. The average Bonchev–Trinajstić information content (AvgIpc) is 3.18. The van der Waals surface area contributed by atoms with Crippen molar-refractivity contribution < 1.29 is 29.1 Å². The van der Waals surface area contributed by atoms with Crippen LogP contribution in [-0.4, -0.2) is 38.6 Å². The number of fused-ring (bicyclic) bond motifs is 5. The summed E-state index contributed by atoms with van der Waals surface area (Å²) in [6.07, 6.45) is -0.132. The molecule has 1 atom stereocenters. The van der Waals surface area contributed by atoms with Crippen molar-refractivity contribution in [2.45, 2.75) is 32.1 Å². The van der Waals surface area contributed by atoms with E-state index >= 15 is 0 Å². The Morgan fingerprint density at radius 1 is 1.36 bits per heavy atom. The molecule has 0 radical (unpaired) electrons. The number of hydrogen-bond acceptors (Lipinski definition) is 9. The lowest BCUT2D eigenvalue weighted by atomic mass is 9.82. The Morgan fingerprint density at radius 3 is 2.79 bits per heavy atom. The van der Waals surface area contributed by atoms with Gasteiger partial charge in [-0.2, -0.15) is 0 Å². The highest BCUT2D eigenvalue weighted by Gasteiger charge is 2.49. The molecule has 2 aliphatic rings. The molecule has 0 saturated carbocycles. The number of nitro benzene ring substituents is 1. The third-order valence-corrected chi connectivity index (χ3v) is 6.20. The molecule has 5 rings (SSSR count). The van der Waals surface area contributed by atoms with E-state index < -0.39 is 34.6 Å². The first kappa shape index (κ1) is 20.8. The van der Waals surface area contributed by atoms with Gasteiger partial charge in [-0.05, 0) is 18.6 Å². The van der Waals surface area contributed by atoms with E-state index in [-0.39, 0.29) is 41.0 Å². The zero-order valence-electron chi connectivity index (χ0n) is 17.6. The summed E-state index contributed by atoms with van der Waals surface area (Å²) < 4.78 is 11.4. The molecule has 4 heterocycles. The molecule has 0 unspecified atom stereocenters. The van der Waals surface area contributed by atoms with Gasteiger partial charge in [0.2, 0.25) is 0 Å². The fourth-order valence-electron chi connectivity index (χ4n) is 4.56. The first-order valence-corrected chi connectivity index (χ1v) is 10.1. The topological polar surface area (TPSA) is 151 Å². The van der Waals surface area contributed by atoms with E-state index in [1.807, 2.05) is 0 Å². The molecule has 33 heavy (non-hydrogen) atoms. The maximum absolute atomic E-state index is 13.4. The number of esters is 2. The van der Waals surface area contributed by atoms with Crippen LogP contribution in [0.1, 0.15) is 40.4 Å². The maximum Gasteiger partial charge on any atom is 0.343 e. The van der Waals surface area contributed by atoms with Crippen LogP contribution in [-0.2, 0) is 33.0 Å². The van der Waals surface area contributed by atoms with Gasteiger partial charge in [-0.1, -0.05) is 6.92 Å². The minimum Gasteiger partial charge on any atom is -0.465 e. The summed E-state index contributed by atoms with van der Waals surface area (Å²) >= 11 is 0. The summed E-state index contributed by atoms with van der Waals surface area (Å²) in [4.78, 5) is 54.0. The second kappa shape index (κ2) is 6.94. The highest BCUT2D eigenvalue weighted by molar-refractivity contribution is 6.02. The standard InChI is InChI=1S/C22H17N3O8/c1-3-22(29)16-13(9-33-21(22)28)19(26)24-8-11-6-10-7-12(25(30)31)4-5-14(10)23-17(11)18(24)15(16)20(27)32-2/h4-7,29H,3,8-9H2,1-2H3/t22-/m0/s1. The van der Waals surface area contributed by atoms with Gasteiger partial charge in [0.25, 0.3) is 11.2 Å². The molecule has 11 nitrogen and oxygen atoms in total. The predicted molar refractivity (Wildman–Crippen MR) is 113 cm³/mol. The number of hydrogen-bond donors (Lipinski definition) is 1. The van der Waals surface area contributed by atoms with Crippen LogP contribution in [0.3, 0.4) is 0 Å². The van der Waals surface area contributed by atoms with Crippen LogP contribution >= 0.6 is 0 Å². The fraction of sp³-hybridized carbons (Fsp3) is 0.273. The number of nitrogens with zero attached hydrogens (tertiary/aromatic N) is 3. The number of carbonyl (C=O) groups is 2. The van der Waals surface area contributed by atoms with Crippen LogP contribution in [0, 0.1) is 10.1 Å². The van der Waals surface area contributed by atoms with Crippen molar-refractivity contribution in [3.63, 3.8) is 0 Å². The summed E-state index contributed by atoms with van der Waals surface area (Å²) in [7, 11) is 1.16. The third-order valence-electron chi connectivity index (χ3n) is 6.20. The Kier molecular flexibility index (Phi) is 4.37. The van der Waals surface area contributed by atoms with Crippen molar-refractivity contribution in [1.29, 1.82) is 0 Å². The normalized spacial score (nSPS) is 18.3. The van der Waals surface area contributed by atoms with E-state index in [0.29, 0.717) is 22.2 Å². The lowest BCUT2D eigenvalue weighted by Gasteiger charge is -2.33. The van der Waals surface area contributed by atoms with Crippen LogP contribution in [0.15, 0.2) is 29.1 Å². The number of rotatable bonds is 3. The summed E-state index contributed by atoms with van der Waals surface area (Å²) in [6.45, 7) is 1.19. The Labute approximate surface area is 185 Å². The molecule has 0 amide bonds. The molecule has 0 aliphatic carbocycles. The number of non-ortho nitro benzene ring substituents is 1. The molecule has 11 heteroatoms. The summed E-state index contributed by atoms with van der Waals surface area (Å²) in [5.74, 6) is -1.79. The lowest BCUT2D eigenvalue weighted by molar-refractivity contribution is -0.384. The van der Waals surface area contributed by atoms with E-state index in [0.717, 1.165) is 7.11 Å². The van der Waals surface area contributed by atoms with Crippen LogP contribution in [0.5, 0.6) is 0 Å². The molecule has 168 valence electrons. The van der Waals surface area contributed by atoms with Gasteiger partial charge in [0, 0.05) is 28.6 Å². The average molecular weight is 451 g/mol. The Morgan fingerprint density at radius 2 is 2.12 bits per heavy atom. The molecule has 0 spiro atoms. The van der Waals surface area contributed by atoms with Gasteiger partial charge < -0.3 is 19.1 Å². The highest BCUT2D eigenvalue weighted by atomic mass is 16.6. The smallest absolute Gasteiger partial charge is 0.343 e. The van der Waals surface area contributed by atoms with Crippen molar-refractivity contribution in [2.75, 3.05) is 7.11 Å². The van der Waals surface area contributed by atoms with E-state index in [9.17, 15) is 29.6 Å². The Bertz CT molecular complexity index is 1470. The second-order valence-corrected chi connectivity index (χ2v) is 7.88. The molecule has 2 aromatic heterocycles. The molecule has 2 aliphatic heterocycles. The summed E-state index contributed by atoms with van der Waals surface area (Å²) in [5, 5.41) is 22.8. The van der Waals surface area contributed by atoms with Crippen LogP contribution in [0.2, 0.25) is 0 Å². The van der Waals surface area contributed by atoms with Gasteiger partial charge in [0.15, 0.2) is 5.60 Å². The van der Waals surface area contributed by atoms with Gasteiger partial charge in [-0.15, -0.1) is 0 Å². The minimum atomic E-state index is -2.20. The van der Waals surface area contributed by atoms with E-state index in [1.165, 1.54) is 29.7 Å². The number of aliphatic hydroxyl groups is 1. The van der Waals surface area contributed by atoms with Gasteiger partial charge in [0.1, 0.15) is 6.61 Å². The predicted octanol–water partition coefficient (Wildman–Crippen LogP) is 1.77. The first-order chi connectivity index (χ1) is 15.7. The van der Waals surface area contributed by atoms with E-state index in [2.05, 4.69) is 4.98 Å². The molecule has 0 saturated heterocycles. The molecular formula is C22H17N3O8. The third kappa shape index (κ3) is 2.72. The zero-order valence-corrected chi connectivity index (χ0v) is 17.6. The molecule has 1 aromatic carbocycles. The van der Waals surface area contributed by atoms with Crippen LogP contribution in [0.25, 0.3) is 22.3 Å². The number of carbonyl (C=O) groups excluding carboxylic acids is 2. The molecule has 3 aromatic rings. The summed E-state index contributed by atoms with van der Waals surface area (Å²) in [6, 6.07) is 5.84. The van der Waals surface area contributed by atoms with E-state index in [4.69, 9.17) is 9.47 Å². The number of benzene rings is 1. The van der Waals surface area contributed by atoms with Crippen molar-refractivity contribution >= 4 is 28.5 Å². The zero-order chi connectivity index (χ0) is 23.7. The largest absolute Gasteiger partial charge is 0.465 e. The van der Waals surface area contributed by atoms with Crippen molar-refractivity contribution in [3.05, 3.63) is 67.0 Å². The number of ether oxygens (including phenoxy) is 2. The Balaban J connectivity index is 1.88. The monoisotopic (exact) mass is 451 g/mol. The van der Waals surface area contributed by atoms with Crippen LogP contribution < -0.4 is 5.56 Å². The Hall–Kier alpha value is -4.12. The van der Waals surface area contributed by atoms with Crippen molar-refractivity contribution in [1.82, 2.24) is 9.55 Å². The van der Waals surface area contributed by atoms with Gasteiger partial charge >= 0.3 is 11.9 Å². The fourth-order valence-corrected chi connectivity index (χ4v) is 4.56. The number of pyridine rings is 2. The first-order valence-electron chi connectivity index (χ1n) is 10.1. The maximum atomic E-state index is 13.4. The molecule has 0 fully saturated rings. The minimum absolute atomic E-state index is 0.00361. The molecule has 0 bridgehead atoms. The van der Waals surface area contributed by atoms with Crippen molar-refractivity contribution in [3.8, 4) is 11.4 Å². The number of aromatic nitrogens is 2.